The lowest BCUT2D eigenvalue weighted by Gasteiger charge is -2.20. The molecule has 0 spiro atoms. The van der Waals surface area contributed by atoms with Crippen LogP contribution in [0.5, 0.6) is 0 Å². The Morgan fingerprint density at radius 2 is 2.05 bits per heavy atom. The highest BCUT2D eigenvalue weighted by Gasteiger charge is 2.11. The Bertz CT molecular complexity index is 440. The van der Waals surface area contributed by atoms with Gasteiger partial charge in [-0.3, -0.25) is 9.69 Å². The largest absolute Gasteiger partial charge is 0.396 e. The Kier molecular flexibility index (Phi) is 7.54. The van der Waals surface area contributed by atoms with Gasteiger partial charge in [0.1, 0.15) is 0 Å². The molecule has 1 aromatic carbocycles. The monoisotopic (exact) mass is 300 g/mol. The quantitative estimate of drug-likeness (QED) is 0.676. The molecule has 1 rings (SSSR count). The lowest BCUT2D eigenvalue weighted by molar-refractivity contribution is -0.117. The zero-order valence-corrected chi connectivity index (χ0v) is 12.4. The molecule has 0 bridgehead atoms. The molecule has 0 saturated carbocycles. The van der Waals surface area contributed by atoms with Gasteiger partial charge in [-0.05, 0) is 31.0 Å². The van der Waals surface area contributed by atoms with Crippen LogP contribution >= 0.6 is 11.6 Å². The highest BCUT2D eigenvalue weighted by atomic mass is 35.5. The molecule has 0 aliphatic carbocycles. The molecule has 1 amide bonds. The van der Waals surface area contributed by atoms with Crippen LogP contribution in [0.3, 0.4) is 0 Å². The second kappa shape index (κ2) is 8.92. The third kappa shape index (κ3) is 5.46. The van der Waals surface area contributed by atoms with E-state index in [1.165, 1.54) is 0 Å². The number of halogens is 1. The Morgan fingerprint density at radius 1 is 1.30 bits per heavy atom. The molecule has 0 radical (unpaired) electrons. The maximum Gasteiger partial charge on any atom is 0.238 e. The van der Waals surface area contributed by atoms with E-state index in [9.17, 15) is 4.79 Å². The minimum atomic E-state index is -0.165. The molecule has 0 heterocycles. The number of aliphatic hydroxyl groups excluding tert-OH is 2. The first-order valence-corrected chi connectivity index (χ1v) is 6.95. The van der Waals surface area contributed by atoms with Crippen LogP contribution in [0.1, 0.15) is 12.0 Å². The van der Waals surface area contributed by atoms with Crippen LogP contribution in [0.2, 0.25) is 5.02 Å². The number of nitrogens with one attached hydrogen (secondary N) is 1. The van der Waals surface area contributed by atoms with Gasteiger partial charge >= 0.3 is 0 Å². The fourth-order valence-electron chi connectivity index (χ4n) is 1.84. The Labute approximate surface area is 124 Å². The SMILES string of the molecule is Cc1c(Cl)cccc1NC(=O)CN(CCO)CCCO. The van der Waals surface area contributed by atoms with Crippen molar-refractivity contribution in [2.24, 2.45) is 0 Å². The van der Waals surface area contributed by atoms with Crippen molar-refractivity contribution in [3.63, 3.8) is 0 Å². The average molecular weight is 301 g/mol. The third-order valence-electron chi connectivity index (χ3n) is 2.96. The second-order valence-corrected chi connectivity index (χ2v) is 4.94. The van der Waals surface area contributed by atoms with Gasteiger partial charge in [0.25, 0.3) is 0 Å². The number of nitrogens with zero attached hydrogens (tertiary/aromatic N) is 1. The zero-order valence-electron chi connectivity index (χ0n) is 11.6. The number of benzene rings is 1. The number of hydrogen-bond donors (Lipinski definition) is 3. The van der Waals surface area contributed by atoms with E-state index >= 15 is 0 Å². The van der Waals surface area contributed by atoms with Crippen molar-refractivity contribution in [2.75, 3.05) is 38.2 Å². The van der Waals surface area contributed by atoms with Crippen LogP contribution in [-0.2, 0) is 4.79 Å². The lowest BCUT2D eigenvalue weighted by Crippen LogP contribution is -2.36. The molecule has 1 aromatic rings. The van der Waals surface area contributed by atoms with E-state index in [-0.39, 0.29) is 25.7 Å². The summed E-state index contributed by atoms with van der Waals surface area (Å²) in [5.41, 5.74) is 1.51. The molecule has 0 aliphatic rings. The van der Waals surface area contributed by atoms with E-state index in [4.69, 9.17) is 21.8 Å². The van der Waals surface area contributed by atoms with Crippen molar-refractivity contribution in [1.29, 1.82) is 0 Å². The van der Waals surface area contributed by atoms with E-state index in [0.29, 0.717) is 30.2 Å². The van der Waals surface area contributed by atoms with Gasteiger partial charge in [0, 0.05) is 30.4 Å². The van der Waals surface area contributed by atoms with Crippen LogP contribution in [0.25, 0.3) is 0 Å². The summed E-state index contributed by atoms with van der Waals surface area (Å²) in [7, 11) is 0. The van der Waals surface area contributed by atoms with E-state index in [1.807, 2.05) is 6.92 Å². The summed E-state index contributed by atoms with van der Waals surface area (Å²) in [6.45, 7) is 3.04. The molecule has 5 nitrogen and oxygen atoms in total. The van der Waals surface area contributed by atoms with E-state index in [0.717, 1.165) is 5.56 Å². The average Bonchev–Trinajstić information content (AvgIpc) is 2.41. The molecule has 20 heavy (non-hydrogen) atoms. The van der Waals surface area contributed by atoms with Gasteiger partial charge in [0.05, 0.1) is 13.2 Å². The van der Waals surface area contributed by atoms with Crippen molar-refractivity contribution in [1.82, 2.24) is 4.90 Å². The minimum absolute atomic E-state index is 0.0189. The summed E-state index contributed by atoms with van der Waals surface area (Å²) in [5, 5.41) is 21.2. The Balaban J connectivity index is 2.58. The van der Waals surface area contributed by atoms with Gasteiger partial charge in [0.2, 0.25) is 5.91 Å². The fourth-order valence-corrected chi connectivity index (χ4v) is 2.02. The van der Waals surface area contributed by atoms with Gasteiger partial charge in [-0.25, -0.2) is 0 Å². The van der Waals surface area contributed by atoms with Crippen LogP contribution in [0.15, 0.2) is 18.2 Å². The van der Waals surface area contributed by atoms with E-state index in [1.54, 1.807) is 23.1 Å². The number of amides is 1. The molecule has 0 atom stereocenters. The number of carbonyl (C=O) groups excluding carboxylic acids is 1. The van der Waals surface area contributed by atoms with Crippen LogP contribution in [0, 0.1) is 6.92 Å². The van der Waals surface area contributed by atoms with Crippen LogP contribution in [-0.4, -0.2) is 53.9 Å². The highest BCUT2D eigenvalue weighted by molar-refractivity contribution is 6.31. The minimum Gasteiger partial charge on any atom is -0.396 e. The number of aliphatic hydroxyl groups is 2. The fraction of sp³-hybridized carbons (Fsp3) is 0.500. The molecule has 0 unspecified atom stereocenters. The molecule has 0 fully saturated rings. The van der Waals surface area contributed by atoms with Crippen molar-refractivity contribution in [2.45, 2.75) is 13.3 Å². The molecule has 0 aliphatic heterocycles. The van der Waals surface area contributed by atoms with Gasteiger partial charge in [-0.2, -0.15) is 0 Å². The predicted octanol–water partition coefficient (Wildman–Crippen LogP) is 1.26. The summed E-state index contributed by atoms with van der Waals surface area (Å²) in [6, 6.07) is 5.34. The third-order valence-corrected chi connectivity index (χ3v) is 3.37. The normalized spacial score (nSPS) is 10.8. The predicted molar refractivity (Wildman–Crippen MR) is 80.0 cm³/mol. The maximum atomic E-state index is 12.0. The molecule has 112 valence electrons. The lowest BCUT2D eigenvalue weighted by atomic mass is 10.2. The number of rotatable bonds is 8. The van der Waals surface area contributed by atoms with Crippen molar-refractivity contribution >= 4 is 23.2 Å². The summed E-state index contributed by atoms with van der Waals surface area (Å²) in [6.07, 6.45) is 0.573. The molecular weight excluding hydrogens is 280 g/mol. The first-order valence-electron chi connectivity index (χ1n) is 6.57. The summed E-state index contributed by atoms with van der Waals surface area (Å²) < 4.78 is 0. The summed E-state index contributed by atoms with van der Waals surface area (Å²) in [5.74, 6) is -0.165. The first kappa shape index (κ1) is 16.9. The molecule has 3 N–H and O–H groups in total. The van der Waals surface area contributed by atoms with Crippen molar-refractivity contribution < 1.29 is 15.0 Å². The second-order valence-electron chi connectivity index (χ2n) is 4.54. The Morgan fingerprint density at radius 3 is 2.70 bits per heavy atom. The van der Waals surface area contributed by atoms with Crippen LogP contribution < -0.4 is 5.32 Å². The molecule has 0 aromatic heterocycles. The van der Waals surface area contributed by atoms with Gasteiger partial charge in [-0.1, -0.05) is 17.7 Å². The molecule has 6 heteroatoms. The number of hydrogen-bond acceptors (Lipinski definition) is 4. The van der Waals surface area contributed by atoms with E-state index in [2.05, 4.69) is 5.32 Å². The van der Waals surface area contributed by atoms with Crippen molar-refractivity contribution in [3.05, 3.63) is 28.8 Å². The van der Waals surface area contributed by atoms with Gasteiger partial charge in [-0.15, -0.1) is 0 Å². The summed E-state index contributed by atoms with van der Waals surface area (Å²) >= 11 is 6.00. The van der Waals surface area contributed by atoms with Crippen LogP contribution in [0.4, 0.5) is 5.69 Å². The highest BCUT2D eigenvalue weighted by Crippen LogP contribution is 2.22. The smallest absolute Gasteiger partial charge is 0.238 e. The van der Waals surface area contributed by atoms with E-state index < -0.39 is 0 Å². The summed E-state index contributed by atoms with van der Waals surface area (Å²) in [4.78, 5) is 13.8. The topological polar surface area (TPSA) is 72.8 Å². The maximum absolute atomic E-state index is 12.0. The number of anilines is 1. The van der Waals surface area contributed by atoms with Crippen molar-refractivity contribution in [3.8, 4) is 0 Å². The number of carbonyl (C=O) groups is 1. The first-order chi connectivity index (χ1) is 9.58. The molecule has 0 saturated heterocycles. The Hall–Kier alpha value is -1.14. The molecular formula is C14H21ClN2O3. The van der Waals surface area contributed by atoms with Gasteiger partial charge < -0.3 is 15.5 Å². The zero-order chi connectivity index (χ0) is 15.0. The van der Waals surface area contributed by atoms with Gasteiger partial charge in [0.15, 0.2) is 0 Å². The standard InChI is InChI=1S/C14H21ClN2O3/c1-11-12(15)4-2-5-13(11)16-14(20)10-17(7-9-19)6-3-8-18/h2,4-5,18-19H,3,6-10H2,1H3,(H,16,20).